The molecule has 1 heterocycles. The summed E-state index contributed by atoms with van der Waals surface area (Å²) >= 11 is 0. The highest BCUT2D eigenvalue weighted by Gasteiger charge is 2.48. The fourth-order valence-electron chi connectivity index (χ4n) is 2.45. The van der Waals surface area contributed by atoms with E-state index in [1.165, 1.54) is 0 Å². The van der Waals surface area contributed by atoms with E-state index in [2.05, 4.69) is 29.4 Å². The molecule has 0 spiro atoms. The fourth-order valence-corrected chi connectivity index (χ4v) is 2.45. The molecule has 17 heavy (non-hydrogen) atoms. The third kappa shape index (κ3) is 2.09. The Morgan fingerprint density at radius 2 is 2.18 bits per heavy atom. The van der Waals surface area contributed by atoms with Crippen LogP contribution in [0.5, 0.6) is 0 Å². The van der Waals surface area contributed by atoms with Crippen LogP contribution in [0, 0.1) is 12.3 Å². The van der Waals surface area contributed by atoms with Crippen LogP contribution in [-0.2, 0) is 18.3 Å². The Hall–Kier alpha value is -0.940. The van der Waals surface area contributed by atoms with Gasteiger partial charge in [0.05, 0.1) is 12.6 Å². The van der Waals surface area contributed by atoms with Gasteiger partial charge < -0.3 is 14.6 Å². The second-order valence-corrected chi connectivity index (χ2v) is 5.44. The van der Waals surface area contributed by atoms with Gasteiger partial charge in [-0.15, -0.1) is 10.2 Å². The zero-order chi connectivity index (χ0) is 12.6. The minimum atomic E-state index is 0.197. The molecule has 2 rings (SSSR count). The van der Waals surface area contributed by atoms with Gasteiger partial charge in [-0.1, -0.05) is 13.8 Å². The van der Waals surface area contributed by atoms with Crippen LogP contribution in [0.4, 0.5) is 0 Å². The van der Waals surface area contributed by atoms with Crippen molar-refractivity contribution in [2.24, 2.45) is 12.5 Å². The predicted octanol–water partition coefficient (Wildman–Crippen LogP) is 1.03. The standard InChI is InChI=1S/C12H22N4O/c1-8-14-15-11(16(8)4)7-13-9-6-10(17-5)12(9,2)3/h9-10,13H,6-7H2,1-5H3. The largest absolute Gasteiger partial charge is 0.381 e. The summed E-state index contributed by atoms with van der Waals surface area (Å²) in [7, 11) is 3.78. The lowest BCUT2D eigenvalue weighted by Gasteiger charge is -2.51. The lowest BCUT2D eigenvalue weighted by molar-refractivity contribution is -0.0980. The molecular formula is C12H22N4O. The van der Waals surface area contributed by atoms with Crippen LogP contribution in [0.15, 0.2) is 0 Å². The van der Waals surface area contributed by atoms with E-state index in [4.69, 9.17) is 4.74 Å². The third-order valence-corrected chi connectivity index (χ3v) is 4.15. The summed E-state index contributed by atoms with van der Waals surface area (Å²) in [5.41, 5.74) is 0.197. The normalized spacial score (nSPS) is 26.9. The monoisotopic (exact) mass is 238 g/mol. The molecule has 5 nitrogen and oxygen atoms in total. The van der Waals surface area contributed by atoms with Crippen LogP contribution in [0.2, 0.25) is 0 Å². The molecule has 0 aromatic carbocycles. The van der Waals surface area contributed by atoms with Gasteiger partial charge >= 0.3 is 0 Å². The number of nitrogens with one attached hydrogen (secondary N) is 1. The quantitative estimate of drug-likeness (QED) is 0.851. The summed E-state index contributed by atoms with van der Waals surface area (Å²) in [6, 6.07) is 0.490. The van der Waals surface area contributed by atoms with E-state index in [0.29, 0.717) is 12.1 Å². The minimum Gasteiger partial charge on any atom is -0.381 e. The maximum absolute atomic E-state index is 5.44. The summed E-state index contributed by atoms with van der Waals surface area (Å²) in [6.45, 7) is 7.21. The molecular weight excluding hydrogens is 216 g/mol. The molecule has 1 saturated carbocycles. The second-order valence-electron chi connectivity index (χ2n) is 5.44. The van der Waals surface area contributed by atoms with Gasteiger partial charge in [-0.3, -0.25) is 0 Å². The number of aryl methyl sites for hydroxylation is 1. The highest BCUT2D eigenvalue weighted by Crippen LogP contribution is 2.42. The molecule has 1 fully saturated rings. The maximum atomic E-state index is 5.44. The second kappa shape index (κ2) is 4.38. The average Bonchev–Trinajstić information content (AvgIpc) is 2.59. The molecule has 1 aromatic rings. The number of ether oxygens (including phenoxy) is 1. The minimum absolute atomic E-state index is 0.197. The summed E-state index contributed by atoms with van der Waals surface area (Å²) < 4.78 is 7.46. The maximum Gasteiger partial charge on any atom is 0.146 e. The Morgan fingerprint density at radius 3 is 2.65 bits per heavy atom. The fraction of sp³-hybridized carbons (Fsp3) is 0.833. The summed E-state index contributed by atoms with van der Waals surface area (Å²) in [5.74, 6) is 1.93. The number of rotatable bonds is 4. The zero-order valence-corrected chi connectivity index (χ0v) is 11.3. The molecule has 1 aliphatic rings. The first-order valence-electron chi connectivity index (χ1n) is 6.08. The van der Waals surface area contributed by atoms with Crippen molar-refractivity contribution in [2.45, 2.75) is 45.9 Å². The molecule has 0 aliphatic heterocycles. The number of hydrogen-bond acceptors (Lipinski definition) is 4. The summed E-state index contributed by atoms with van der Waals surface area (Å²) in [5, 5.41) is 11.7. The number of hydrogen-bond donors (Lipinski definition) is 1. The van der Waals surface area contributed by atoms with Crippen molar-refractivity contribution in [3.05, 3.63) is 11.6 Å². The van der Waals surface area contributed by atoms with Crippen LogP contribution in [-0.4, -0.2) is 34.0 Å². The molecule has 2 atom stereocenters. The van der Waals surface area contributed by atoms with Gasteiger partial charge in [-0.2, -0.15) is 0 Å². The Labute approximate surface area is 103 Å². The summed E-state index contributed by atoms with van der Waals surface area (Å²) in [6.07, 6.45) is 1.43. The summed E-state index contributed by atoms with van der Waals surface area (Å²) in [4.78, 5) is 0. The molecule has 5 heteroatoms. The van der Waals surface area contributed by atoms with Gasteiger partial charge in [0.1, 0.15) is 11.6 Å². The molecule has 1 aliphatic carbocycles. The Bertz CT molecular complexity index is 399. The van der Waals surface area contributed by atoms with Gasteiger partial charge in [-0.25, -0.2) is 0 Å². The predicted molar refractivity (Wildman–Crippen MR) is 65.6 cm³/mol. The van der Waals surface area contributed by atoms with E-state index in [1.807, 2.05) is 18.5 Å². The van der Waals surface area contributed by atoms with Crippen molar-refractivity contribution in [1.29, 1.82) is 0 Å². The first-order valence-corrected chi connectivity index (χ1v) is 6.08. The van der Waals surface area contributed by atoms with Gasteiger partial charge in [0, 0.05) is 25.6 Å². The molecule has 0 amide bonds. The van der Waals surface area contributed by atoms with Crippen molar-refractivity contribution < 1.29 is 4.74 Å². The number of nitrogens with zero attached hydrogens (tertiary/aromatic N) is 3. The van der Waals surface area contributed by atoms with Crippen molar-refractivity contribution in [1.82, 2.24) is 20.1 Å². The van der Waals surface area contributed by atoms with Gasteiger partial charge in [0.15, 0.2) is 0 Å². The smallest absolute Gasteiger partial charge is 0.146 e. The first-order chi connectivity index (χ1) is 7.96. The van der Waals surface area contributed by atoms with E-state index in [0.717, 1.165) is 24.6 Å². The van der Waals surface area contributed by atoms with Crippen LogP contribution in [0.1, 0.15) is 31.9 Å². The molecule has 0 saturated heterocycles. The van der Waals surface area contributed by atoms with Crippen LogP contribution >= 0.6 is 0 Å². The molecule has 0 bridgehead atoms. The van der Waals surface area contributed by atoms with E-state index >= 15 is 0 Å². The number of methoxy groups -OCH3 is 1. The van der Waals surface area contributed by atoms with Crippen LogP contribution in [0.3, 0.4) is 0 Å². The van der Waals surface area contributed by atoms with Crippen LogP contribution < -0.4 is 5.32 Å². The first kappa shape index (κ1) is 12.5. The molecule has 96 valence electrons. The van der Waals surface area contributed by atoms with Gasteiger partial charge in [0.2, 0.25) is 0 Å². The van der Waals surface area contributed by atoms with Crippen molar-refractivity contribution in [3.63, 3.8) is 0 Å². The lowest BCUT2D eigenvalue weighted by Crippen LogP contribution is -2.60. The van der Waals surface area contributed by atoms with Crippen molar-refractivity contribution in [3.8, 4) is 0 Å². The molecule has 2 unspecified atom stereocenters. The van der Waals surface area contributed by atoms with Crippen LogP contribution in [0.25, 0.3) is 0 Å². The molecule has 0 radical (unpaired) electrons. The van der Waals surface area contributed by atoms with E-state index in [-0.39, 0.29) is 5.41 Å². The highest BCUT2D eigenvalue weighted by atomic mass is 16.5. The third-order valence-electron chi connectivity index (χ3n) is 4.15. The average molecular weight is 238 g/mol. The Balaban J connectivity index is 1.90. The van der Waals surface area contributed by atoms with Crippen molar-refractivity contribution in [2.75, 3.05) is 7.11 Å². The van der Waals surface area contributed by atoms with Crippen molar-refractivity contribution >= 4 is 0 Å². The SMILES string of the molecule is COC1CC(NCc2nnc(C)n2C)C1(C)C. The lowest BCUT2D eigenvalue weighted by atomic mass is 9.64. The van der Waals surface area contributed by atoms with Gasteiger partial charge in [-0.05, 0) is 13.3 Å². The Kier molecular flexibility index (Phi) is 3.23. The topological polar surface area (TPSA) is 52.0 Å². The highest BCUT2D eigenvalue weighted by molar-refractivity contribution is 5.03. The molecule has 1 aromatic heterocycles. The molecule has 1 N–H and O–H groups in total. The van der Waals surface area contributed by atoms with E-state index in [9.17, 15) is 0 Å². The van der Waals surface area contributed by atoms with E-state index in [1.54, 1.807) is 7.11 Å². The zero-order valence-electron chi connectivity index (χ0n) is 11.3. The van der Waals surface area contributed by atoms with E-state index < -0.39 is 0 Å². The Morgan fingerprint density at radius 1 is 1.47 bits per heavy atom. The van der Waals surface area contributed by atoms with Gasteiger partial charge in [0.25, 0.3) is 0 Å². The number of aromatic nitrogens is 3.